The van der Waals surface area contributed by atoms with Gasteiger partial charge in [0.1, 0.15) is 24.2 Å². The Bertz CT molecular complexity index is 3700. The summed E-state index contributed by atoms with van der Waals surface area (Å²) in [5.74, 6) is -5.18. The number of nitrogens with zero attached hydrogens (tertiary/aromatic N) is 3. The van der Waals surface area contributed by atoms with Crippen LogP contribution in [0.5, 0.6) is 0 Å². The van der Waals surface area contributed by atoms with E-state index in [0.717, 1.165) is 38.4 Å². The molecule has 6 aromatic rings. The van der Waals surface area contributed by atoms with Crippen molar-refractivity contribution in [2.75, 3.05) is 16.8 Å². The topological polar surface area (TPSA) is 341 Å². The summed E-state index contributed by atoms with van der Waals surface area (Å²) < 4.78 is 11.6. The largest absolute Gasteiger partial charge is 0.396 e. The summed E-state index contributed by atoms with van der Waals surface area (Å²) in [5.41, 5.74) is 11.4. The molecule has 1 saturated heterocycles. The number of ketones is 1. The first-order valence-corrected chi connectivity index (χ1v) is 31.0. The Morgan fingerprint density at radius 1 is 0.884 bits per heavy atom. The zero-order valence-electron chi connectivity index (χ0n) is 48.3. The highest BCUT2D eigenvalue weighted by atomic mass is 32.1. The molecule has 0 spiro atoms. The summed E-state index contributed by atoms with van der Waals surface area (Å²) in [6.45, 7) is 9.14. The summed E-state index contributed by atoms with van der Waals surface area (Å²) in [4.78, 5) is 153. The lowest BCUT2D eigenvalue weighted by molar-refractivity contribution is -0.144. The summed E-state index contributed by atoms with van der Waals surface area (Å²) in [6, 6.07) is 20.7. The van der Waals surface area contributed by atoms with E-state index in [1.165, 1.54) is 34.1 Å². The number of hydrogen-bond acceptors (Lipinski definition) is 13. The Balaban J connectivity index is 0.804. The first-order valence-electron chi connectivity index (χ1n) is 28.5. The van der Waals surface area contributed by atoms with Crippen LogP contribution in [-0.2, 0) is 57.4 Å². The molecule has 5 heterocycles. The second kappa shape index (κ2) is 25.8. The van der Waals surface area contributed by atoms with Crippen LogP contribution in [-0.4, -0.2) is 119 Å². The quantitative estimate of drug-likeness (QED) is 0.0274. The third-order valence-electron chi connectivity index (χ3n) is 16.1. The van der Waals surface area contributed by atoms with Crippen LogP contribution >= 0.6 is 18.9 Å². The number of likely N-dealkylation sites (tertiary alicyclic amines) is 1. The van der Waals surface area contributed by atoms with Gasteiger partial charge in [-0.25, -0.2) is 4.98 Å². The van der Waals surface area contributed by atoms with Crippen LogP contribution in [0.1, 0.15) is 127 Å². The highest BCUT2D eigenvalue weighted by molar-refractivity contribution is 7.70. The highest BCUT2D eigenvalue weighted by Crippen LogP contribution is 2.42. The molecule has 9 rings (SSSR count). The van der Waals surface area contributed by atoms with Gasteiger partial charge in [0.2, 0.25) is 41.4 Å². The summed E-state index contributed by atoms with van der Waals surface area (Å²) >= 11 is 1.55. The van der Waals surface area contributed by atoms with E-state index >= 15 is 0 Å². The number of benzene rings is 4. The molecule has 24 heteroatoms. The molecule has 22 nitrogen and oxygen atoms in total. The molecule has 0 aliphatic carbocycles. The first kappa shape index (κ1) is 62.3. The van der Waals surface area contributed by atoms with Crippen molar-refractivity contribution >= 4 is 93.9 Å². The maximum absolute atomic E-state index is 14.6. The number of aliphatic hydroxyl groups is 1. The lowest BCUT2D eigenvalue weighted by atomic mass is 9.85. The molecule has 0 unspecified atom stereocenters. The Kier molecular flexibility index (Phi) is 18.7. The van der Waals surface area contributed by atoms with E-state index in [4.69, 9.17) is 5.73 Å². The van der Waals surface area contributed by atoms with Gasteiger partial charge in [-0.3, -0.25) is 52.6 Å². The number of thiazole rings is 1. The predicted molar refractivity (Wildman–Crippen MR) is 322 cm³/mol. The number of para-hydroxylation sites is 1. The molecule has 0 saturated carbocycles. The Labute approximate surface area is 500 Å². The Morgan fingerprint density at radius 2 is 1.60 bits per heavy atom. The minimum absolute atomic E-state index is 0.0207. The summed E-state index contributed by atoms with van der Waals surface area (Å²) in [7, 11) is -5.07. The first-order chi connectivity index (χ1) is 40.7. The molecule has 0 bridgehead atoms. The second-order valence-electron chi connectivity index (χ2n) is 23.5. The van der Waals surface area contributed by atoms with Gasteiger partial charge in [-0.1, -0.05) is 75.4 Å². The van der Waals surface area contributed by atoms with Crippen molar-refractivity contribution in [2.24, 2.45) is 17.1 Å². The van der Waals surface area contributed by atoms with E-state index in [-0.39, 0.29) is 62.7 Å². The van der Waals surface area contributed by atoms with E-state index in [2.05, 4.69) is 31.2 Å². The average molecular weight is 1210 g/mol. The molecule has 2 aromatic heterocycles. The van der Waals surface area contributed by atoms with E-state index in [1.54, 1.807) is 35.0 Å². The number of aliphatic hydroxyl groups excluding tert-OH is 1. The number of nitrogens with two attached hydrogens (primary N) is 1. The van der Waals surface area contributed by atoms with E-state index in [0.29, 0.717) is 41.5 Å². The van der Waals surface area contributed by atoms with Gasteiger partial charge in [-0.15, -0.1) is 11.3 Å². The van der Waals surface area contributed by atoms with Gasteiger partial charge in [-0.05, 0) is 116 Å². The number of β-amino-alcohol motifs (C(OH)–C–C–N with tert-alkyl or cyclic N) is 1. The van der Waals surface area contributed by atoms with Crippen molar-refractivity contribution in [1.29, 1.82) is 0 Å². The lowest BCUT2D eigenvalue weighted by Gasteiger charge is -2.35. The van der Waals surface area contributed by atoms with E-state index in [1.807, 2.05) is 83.1 Å². The van der Waals surface area contributed by atoms with Gasteiger partial charge in [0.15, 0.2) is 5.78 Å². The van der Waals surface area contributed by atoms with Crippen molar-refractivity contribution in [2.45, 2.75) is 135 Å². The average Bonchev–Trinajstić information content (AvgIpc) is 2.07. The molecule has 7 atom stereocenters. The number of aromatic amines is 1. The number of H-pyrrole nitrogens is 1. The fourth-order valence-corrected chi connectivity index (χ4v) is 12.9. The van der Waals surface area contributed by atoms with Gasteiger partial charge >= 0.3 is 7.60 Å². The SMILES string of the molecule is Cc1ncsc1-c1ccc([C@H](C)NC(=O)[C@@H]2C[C@@H](O)CN2C(=O)[C@@H](NC(=O)CCCc2cccc(NC(=O)[C@H](CCC(N)=O)NC(=O)[C@@H]3Cc4cccc5c4N3C(=O)[C@@H](CC(=O)c3cc4cc(C(=O)P(=O)(O)O)ccc4[nH]3)CC5)c2)C(C)(C)C)cc1. The molecule has 3 aliphatic rings. The van der Waals surface area contributed by atoms with Crippen LogP contribution in [0.25, 0.3) is 21.3 Å². The zero-order chi connectivity index (χ0) is 61.9. The smallest absolute Gasteiger partial charge is 0.391 e. The highest BCUT2D eigenvalue weighted by Gasteiger charge is 2.47. The lowest BCUT2D eigenvalue weighted by Crippen LogP contribution is -2.57. The molecule has 10 N–H and O–H groups in total. The van der Waals surface area contributed by atoms with Crippen molar-refractivity contribution in [3.8, 4) is 10.4 Å². The number of anilines is 2. The van der Waals surface area contributed by atoms with Gasteiger partial charge < -0.3 is 51.8 Å². The molecular weight excluding hydrogens is 1140 g/mol. The molecule has 1 fully saturated rings. The minimum atomic E-state index is -5.07. The number of aromatic nitrogens is 2. The predicted octanol–water partition coefficient (Wildman–Crippen LogP) is 6.09. The molecule has 452 valence electrons. The molecule has 7 amide bonds. The van der Waals surface area contributed by atoms with Gasteiger partial charge in [-0.2, -0.15) is 0 Å². The van der Waals surface area contributed by atoms with Crippen LogP contribution in [0.4, 0.5) is 11.4 Å². The summed E-state index contributed by atoms with van der Waals surface area (Å²) in [5, 5.41) is 22.6. The number of carbonyl (C=O) groups is 9. The monoisotopic (exact) mass is 1210 g/mol. The maximum atomic E-state index is 14.6. The number of nitrogens with one attached hydrogen (secondary N) is 5. The number of carbonyl (C=O) groups excluding carboxylic acids is 9. The van der Waals surface area contributed by atoms with E-state index in [9.17, 15) is 62.6 Å². The molecule has 86 heavy (non-hydrogen) atoms. The van der Waals surface area contributed by atoms with Gasteiger partial charge in [0.05, 0.1) is 39.6 Å². The van der Waals surface area contributed by atoms with Crippen molar-refractivity contribution in [3.63, 3.8) is 0 Å². The van der Waals surface area contributed by atoms with Crippen LogP contribution in [0, 0.1) is 18.3 Å². The standard InChI is InChI=1S/C62H70N9O13PS/c1-33(36-15-18-38(19-16-36)54-34(2)64-32-86-54)65-57(77)48-30-44(72)31-70(48)60(80)55(62(3,4)5)69-52(75)14-7-10-35-9-6-13-43(25-35)66-56(76)46(23-24-51(63)74)68-58(78)49-28-39-12-8-11-37-17-20-40(59(79)71(49)53(37)39)29-50(73)47-27-42-26-41(21-22-45(42)67-47)61(81)85(82,83)84/h6,8-9,11-13,15-16,18-19,21-22,25-27,32-33,40,44,46,48-49,55,67,72H,7,10,14,17,20,23-24,28-31H2,1-5H3,(H2,63,74)(H,65,77)(H,66,76)(H,68,78)(H,69,75)(H2,82,83,84)/t33-,40+,44+,46-,48-,49-,55+/m0/s1. The van der Waals surface area contributed by atoms with Gasteiger partial charge in [0, 0.05) is 66.7 Å². The van der Waals surface area contributed by atoms with Crippen LogP contribution < -0.4 is 31.9 Å². The number of primary amides is 1. The molecular formula is C62H70N9O13PS. The number of rotatable bonds is 22. The molecule has 3 aliphatic heterocycles. The van der Waals surface area contributed by atoms with Crippen LogP contribution in [0.15, 0.2) is 96.5 Å². The molecule has 4 aromatic carbocycles. The van der Waals surface area contributed by atoms with Crippen molar-refractivity contribution < 1.29 is 62.6 Å². The van der Waals surface area contributed by atoms with Crippen molar-refractivity contribution in [1.82, 2.24) is 30.8 Å². The van der Waals surface area contributed by atoms with Gasteiger partial charge in [0.25, 0.3) is 5.52 Å². The number of fused-ring (bicyclic) bond motifs is 1. The van der Waals surface area contributed by atoms with Crippen LogP contribution in [0.3, 0.4) is 0 Å². The number of aryl methyl sites for hydroxylation is 3. The Morgan fingerprint density at radius 3 is 2.30 bits per heavy atom. The van der Waals surface area contributed by atoms with Crippen LogP contribution in [0.2, 0.25) is 0 Å². The number of amides is 7. The number of Topliss-reactive ketones (excluding diaryl/α,β-unsaturated/α-hetero) is 1. The third-order valence-corrected chi connectivity index (χ3v) is 17.9. The van der Waals surface area contributed by atoms with E-state index < -0.39 is 108 Å². The second-order valence-corrected chi connectivity index (χ2v) is 25.9. The maximum Gasteiger partial charge on any atom is 0.396 e. The molecule has 0 radical (unpaired) electrons. The van der Waals surface area contributed by atoms with Crippen molar-refractivity contribution in [3.05, 3.63) is 136 Å². The normalized spacial score (nSPS) is 18.6. The number of hydrogen-bond donors (Lipinski definition) is 9. The minimum Gasteiger partial charge on any atom is -0.391 e. The Hall–Kier alpha value is -8.21. The summed E-state index contributed by atoms with van der Waals surface area (Å²) in [6.07, 6.45) is -0.0893. The zero-order valence-corrected chi connectivity index (χ0v) is 50.0. The third kappa shape index (κ3) is 14.2. The fraction of sp³-hybridized carbons (Fsp3) is 0.387. The fourth-order valence-electron chi connectivity index (χ4n) is 11.6.